The second kappa shape index (κ2) is 2.22. The number of halogens is 5. The van der Waals surface area contributed by atoms with Gasteiger partial charge in [-0.15, -0.1) is 23.2 Å². The van der Waals surface area contributed by atoms with Crippen molar-refractivity contribution in [3.8, 4) is 0 Å². The van der Waals surface area contributed by atoms with E-state index in [2.05, 4.69) is 0 Å². The largest absolute Gasteiger partial charge is 0.196 e. The highest BCUT2D eigenvalue weighted by Gasteiger charge is 2.61. The van der Waals surface area contributed by atoms with E-state index in [1.807, 2.05) is 0 Å². The SMILES string of the molecule is ClC(Cl)(Cl)C1CC1(Cl)Cl. The van der Waals surface area contributed by atoms with Crippen molar-refractivity contribution in [2.45, 2.75) is 14.5 Å². The molecule has 0 aliphatic heterocycles. The van der Waals surface area contributed by atoms with E-state index >= 15 is 0 Å². The molecule has 0 bridgehead atoms. The van der Waals surface area contributed by atoms with Gasteiger partial charge in [0.2, 0.25) is 0 Å². The summed E-state index contributed by atoms with van der Waals surface area (Å²) in [7, 11) is 0. The van der Waals surface area contributed by atoms with Gasteiger partial charge >= 0.3 is 0 Å². The third-order valence-corrected chi connectivity index (χ3v) is 2.85. The van der Waals surface area contributed by atoms with E-state index in [0.717, 1.165) is 0 Å². The fraction of sp³-hybridized carbons (Fsp3) is 1.00. The molecule has 1 fully saturated rings. The normalized spacial score (nSPS) is 32.3. The lowest BCUT2D eigenvalue weighted by Crippen LogP contribution is -2.09. The van der Waals surface area contributed by atoms with E-state index in [1.54, 1.807) is 0 Å². The Bertz CT molecular complexity index is 123. The fourth-order valence-corrected chi connectivity index (χ4v) is 2.33. The quantitative estimate of drug-likeness (QED) is 0.556. The maximum atomic E-state index is 5.60. The maximum absolute atomic E-state index is 5.60. The molecule has 1 saturated carbocycles. The summed E-state index contributed by atoms with van der Waals surface area (Å²) in [5.41, 5.74) is 0. The van der Waals surface area contributed by atoms with E-state index in [-0.39, 0.29) is 5.92 Å². The summed E-state index contributed by atoms with van der Waals surface area (Å²) < 4.78 is -2.10. The van der Waals surface area contributed by atoms with Gasteiger partial charge in [0.25, 0.3) is 0 Å². The Balaban J connectivity index is 2.52. The maximum Gasteiger partial charge on any atom is 0.196 e. The molecular weight excluding hydrogens is 225 g/mol. The van der Waals surface area contributed by atoms with Crippen LogP contribution in [-0.2, 0) is 0 Å². The smallest absolute Gasteiger partial charge is 0.101 e. The molecule has 0 nitrogen and oxygen atoms in total. The summed E-state index contributed by atoms with van der Waals surface area (Å²) in [5, 5.41) is 0. The van der Waals surface area contributed by atoms with Gasteiger partial charge in [-0.05, 0) is 6.42 Å². The van der Waals surface area contributed by atoms with Gasteiger partial charge in [-0.2, -0.15) is 0 Å². The molecule has 0 heterocycles. The Labute approximate surface area is 78.3 Å². The van der Waals surface area contributed by atoms with Crippen molar-refractivity contribution in [2.24, 2.45) is 5.92 Å². The van der Waals surface area contributed by atoms with Crippen molar-refractivity contribution < 1.29 is 0 Å². The summed E-state index contributed by atoms with van der Waals surface area (Å²) in [4.78, 5) is 0. The molecule has 1 aliphatic carbocycles. The Kier molecular flexibility index (Phi) is 2.10. The Hall–Kier alpha value is 1.45. The van der Waals surface area contributed by atoms with Crippen molar-refractivity contribution in [1.82, 2.24) is 0 Å². The molecule has 0 amide bonds. The van der Waals surface area contributed by atoms with Crippen molar-refractivity contribution >= 4 is 58.0 Å². The average molecular weight is 228 g/mol. The minimum Gasteiger partial charge on any atom is -0.101 e. The first-order chi connectivity index (χ1) is 3.84. The molecule has 1 unspecified atom stereocenters. The zero-order chi connectivity index (χ0) is 7.28. The molecule has 0 spiro atoms. The standard InChI is InChI=1S/C4H3Cl5/c5-3(6)1-2(3)4(7,8)9/h2H,1H2. The number of alkyl halides is 5. The van der Waals surface area contributed by atoms with E-state index in [4.69, 9.17) is 58.0 Å². The van der Waals surface area contributed by atoms with Crippen LogP contribution in [0, 0.1) is 5.92 Å². The molecule has 0 aromatic heterocycles. The lowest BCUT2D eigenvalue weighted by molar-refractivity contribution is 0.861. The van der Waals surface area contributed by atoms with Crippen LogP contribution in [0.1, 0.15) is 6.42 Å². The zero-order valence-electron chi connectivity index (χ0n) is 4.17. The number of hydrogen-bond acceptors (Lipinski definition) is 0. The van der Waals surface area contributed by atoms with Gasteiger partial charge in [0, 0.05) is 5.92 Å². The molecule has 1 rings (SSSR count). The molecule has 0 radical (unpaired) electrons. The first-order valence-corrected chi connectivity index (χ1v) is 4.17. The Morgan fingerprint density at radius 3 is 1.56 bits per heavy atom. The highest BCUT2D eigenvalue weighted by molar-refractivity contribution is 6.69. The van der Waals surface area contributed by atoms with Crippen LogP contribution in [0.2, 0.25) is 0 Å². The third kappa shape index (κ3) is 1.94. The predicted octanol–water partition coefficient (Wildman–Crippen LogP) is 3.55. The minimum atomic E-state index is -1.30. The molecule has 0 N–H and O–H groups in total. The van der Waals surface area contributed by atoms with Crippen molar-refractivity contribution in [2.75, 3.05) is 0 Å². The molecule has 54 valence electrons. The van der Waals surface area contributed by atoms with Gasteiger partial charge in [-0.1, -0.05) is 34.8 Å². The van der Waals surface area contributed by atoms with E-state index in [0.29, 0.717) is 6.42 Å². The second-order valence-corrected chi connectivity index (χ2v) is 5.97. The van der Waals surface area contributed by atoms with Gasteiger partial charge in [0.15, 0.2) is 3.79 Å². The summed E-state index contributed by atoms with van der Waals surface area (Å²) in [6, 6.07) is 0. The first-order valence-electron chi connectivity index (χ1n) is 2.28. The van der Waals surface area contributed by atoms with Crippen LogP contribution in [0.5, 0.6) is 0 Å². The van der Waals surface area contributed by atoms with E-state index < -0.39 is 8.13 Å². The lowest BCUT2D eigenvalue weighted by Gasteiger charge is -2.08. The summed E-state index contributed by atoms with van der Waals surface area (Å²) >= 11 is 27.6. The molecule has 1 atom stereocenters. The van der Waals surface area contributed by atoms with Crippen LogP contribution in [-0.4, -0.2) is 8.13 Å². The molecule has 0 saturated heterocycles. The fourth-order valence-electron chi connectivity index (χ4n) is 0.568. The average Bonchev–Trinajstić information content (AvgIpc) is 2.10. The highest BCUT2D eigenvalue weighted by atomic mass is 35.6. The Morgan fingerprint density at radius 2 is 1.56 bits per heavy atom. The van der Waals surface area contributed by atoms with E-state index in [9.17, 15) is 0 Å². The second-order valence-electron chi connectivity index (χ2n) is 2.06. The van der Waals surface area contributed by atoms with Gasteiger partial charge in [0.05, 0.1) is 0 Å². The summed E-state index contributed by atoms with van der Waals surface area (Å²) in [5.74, 6) is -0.210. The topological polar surface area (TPSA) is 0 Å². The van der Waals surface area contributed by atoms with Crippen molar-refractivity contribution in [3.05, 3.63) is 0 Å². The van der Waals surface area contributed by atoms with Crippen molar-refractivity contribution in [3.63, 3.8) is 0 Å². The molecule has 1 aliphatic rings. The summed E-state index contributed by atoms with van der Waals surface area (Å²) in [6.07, 6.45) is 0.562. The monoisotopic (exact) mass is 226 g/mol. The molecular formula is C4H3Cl5. The van der Waals surface area contributed by atoms with Crippen LogP contribution >= 0.6 is 58.0 Å². The lowest BCUT2D eigenvalue weighted by atomic mass is 10.5. The molecule has 9 heavy (non-hydrogen) atoms. The highest BCUT2D eigenvalue weighted by Crippen LogP contribution is 2.62. The van der Waals surface area contributed by atoms with Gasteiger partial charge in [-0.25, -0.2) is 0 Å². The number of rotatable bonds is 0. The first kappa shape index (κ1) is 8.55. The Morgan fingerprint density at radius 1 is 1.22 bits per heavy atom. The van der Waals surface area contributed by atoms with Gasteiger partial charge in [-0.3, -0.25) is 0 Å². The molecule has 0 aromatic carbocycles. The van der Waals surface area contributed by atoms with Crippen LogP contribution < -0.4 is 0 Å². The van der Waals surface area contributed by atoms with Gasteiger partial charge in [0.1, 0.15) is 4.33 Å². The van der Waals surface area contributed by atoms with Crippen LogP contribution in [0.25, 0.3) is 0 Å². The number of hydrogen-bond donors (Lipinski definition) is 0. The zero-order valence-corrected chi connectivity index (χ0v) is 7.95. The van der Waals surface area contributed by atoms with Crippen LogP contribution in [0.4, 0.5) is 0 Å². The minimum absolute atomic E-state index is 0.210. The van der Waals surface area contributed by atoms with Crippen LogP contribution in [0.15, 0.2) is 0 Å². The van der Waals surface area contributed by atoms with Crippen LogP contribution in [0.3, 0.4) is 0 Å². The van der Waals surface area contributed by atoms with Gasteiger partial charge < -0.3 is 0 Å². The van der Waals surface area contributed by atoms with E-state index in [1.165, 1.54) is 0 Å². The molecule has 0 aromatic rings. The summed E-state index contributed by atoms with van der Waals surface area (Å²) in [6.45, 7) is 0. The predicted molar refractivity (Wildman–Crippen MR) is 42.8 cm³/mol. The van der Waals surface area contributed by atoms with Crippen molar-refractivity contribution in [1.29, 1.82) is 0 Å². The molecule has 5 heteroatoms. The third-order valence-electron chi connectivity index (χ3n) is 1.22.